The van der Waals surface area contributed by atoms with E-state index in [4.69, 9.17) is 10.00 Å². The van der Waals surface area contributed by atoms with Gasteiger partial charge in [-0.15, -0.1) is 0 Å². The lowest BCUT2D eigenvalue weighted by Crippen LogP contribution is -2.46. The second kappa shape index (κ2) is 9.57. The van der Waals surface area contributed by atoms with Gasteiger partial charge in [0.2, 0.25) is 0 Å². The Morgan fingerprint density at radius 1 is 1.17 bits per heavy atom. The van der Waals surface area contributed by atoms with E-state index in [0.29, 0.717) is 0 Å². The highest BCUT2D eigenvalue weighted by atomic mass is 19.1. The van der Waals surface area contributed by atoms with Crippen molar-refractivity contribution in [3.05, 3.63) is 53.3 Å². The summed E-state index contributed by atoms with van der Waals surface area (Å²) in [6.45, 7) is 9.70. The number of hydrogen-bond donors (Lipinski definition) is 1. The van der Waals surface area contributed by atoms with Gasteiger partial charge in [0.15, 0.2) is 0 Å². The summed E-state index contributed by atoms with van der Waals surface area (Å²) in [5.41, 5.74) is 4.21. The van der Waals surface area contributed by atoms with Crippen LogP contribution in [0.4, 0.5) is 10.1 Å². The maximum absolute atomic E-state index is 14.4. The maximum atomic E-state index is 14.4. The molecule has 5 nitrogen and oxygen atoms in total. The minimum Gasteiger partial charge on any atom is -0.375 e. The molecule has 1 atom stereocenters. The van der Waals surface area contributed by atoms with E-state index in [-0.39, 0.29) is 11.7 Å². The second-order valence-electron chi connectivity index (χ2n) is 7.98. The molecule has 0 saturated carbocycles. The number of piperazine rings is 1. The van der Waals surface area contributed by atoms with Crippen molar-refractivity contribution in [1.82, 2.24) is 10.2 Å². The number of nitrogens with zero attached hydrogens (tertiary/aromatic N) is 3. The van der Waals surface area contributed by atoms with Crippen molar-refractivity contribution < 1.29 is 9.13 Å². The molecule has 2 heterocycles. The van der Waals surface area contributed by atoms with Gasteiger partial charge in [-0.05, 0) is 48.4 Å². The lowest BCUT2D eigenvalue weighted by molar-refractivity contribution is 0.0292. The van der Waals surface area contributed by atoms with Gasteiger partial charge in [0, 0.05) is 50.5 Å². The third kappa shape index (κ3) is 4.65. The Labute approximate surface area is 178 Å². The summed E-state index contributed by atoms with van der Waals surface area (Å²) in [7, 11) is 0. The molecule has 0 spiro atoms. The van der Waals surface area contributed by atoms with Crippen molar-refractivity contribution in [2.24, 2.45) is 0 Å². The largest absolute Gasteiger partial charge is 0.375 e. The Hall–Kier alpha value is -2.46. The summed E-state index contributed by atoms with van der Waals surface area (Å²) in [5.74, 6) is -0.470. The summed E-state index contributed by atoms with van der Waals surface area (Å²) in [6, 6.07) is 13.3. The van der Waals surface area contributed by atoms with Crippen molar-refractivity contribution in [2.45, 2.75) is 19.4 Å². The number of rotatable bonds is 5. The fraction of sp³-hybridized carbons (Fsp3) is 0.458. The van der Waals surface area contributed by atoms with E-state index >= 15 is 0 Å². The van der Waals surface area contributed by atoms with Crippen molar-refractivity contribution in [3.8, 4) is 17.2 Å². The average Bonchev–Trinajstić information content (AvgIpc) is 2.80. The molecule has 4 rings (SSSR count). The van der Waals surface area contributed by atoms with Crippen LogP contribution in [0.25, 0.3) is 11.1 Å². The molecule has 2 saturated heterocycles. The average molecular weight is 409 g/mol. The van der Waals surface area contributed by atoms with Crippen LogP contribution < -0.4 is 10.2 Å². The van der Waals surface area contributed by atoms with Gasteiger partial charge in [-0.25, -0.2) is 4.39 Å². The van der Waals surface area contributed by atoms with E-state index in [1.54, 1.807) is 6.07 Å². The number of ether oxygens (including phenoxy) is 1. The minimum atomic E-state index is -0.470. The van der Waals surface area contributed by atoms with Crippen molar-refractivity contribution in [1.29, 1.82) is 5.26 Å². The number of likely N-dealkylation sites (N-methyl/N-ethyl adjacent to an activating group) is 1. The van der Waals surface area contributed by atoms with Gasteiger partial charge in [-0.3, -0.25) is 0 Å². The molecule has 6 heteroatoms. The highest BCUT2D eigenvalue weighted by molar-refractivity contribution is 5.80. The number of nitriles is 1. The third-order valence-electron chi connectivity index (χ3n) is 6.09. The van der Waals surface area contributed by atoms with Crippen LogP contribution in [-0.4, -0.2) is 63.4 Å². The molecule has 30 heavy (non-hydrogen) atoms. The molecule has 0 radical (unpaired) electrons. The first-order valence-corrected chi connectivity index (χ1v) is 10.8. The normalized spacial score (nSPS) is 20.2. The molecular formula is C24H29FN4O. The van der Waals surface area contributed by atoms with Gasteiger partial charge < -0.3 is 19.9 Å². The molecule has 0 aliphatic carbocycles. The molecule has 1 N–H and O–H groups in total. The summed E-state index contributed by atoms with van der Waals surface area (Å²) in [6.07, 6.45) is 0.978. The van der Waals surface area contributed by atoms with Crippen LogP contribution in [-0.2, 0) is 11.2 Å². The molecule has 0 bridgehead atoms. The number of hydrogen-bond acceptors (Lipinski definition) is 5. The lowest BCUT2D eigenvalue weighted by Gasteiger charge is -2.36. The molecule has 2 fully saturated rings. The Balaban J connectivity index is 1.66. The zero-order valence-corrected chi connectivity index (χ0v) is 17.5. The summed E-state index contributed by atoms with van der Waals surface area (Å²) < 4.78 is 20.3. The smallest absolute Gasteiger partial charge is 0.141 e. The fourth-order valence-corrected chi connectivity index (χ4v) is 4.31. The molecular weight excluding hydrogens is 379 g/mol. The first-order valence-electron chi connectivity index (χ1n) is 10.8. The van der Waals surface area contributed by atoms with Crippen LogP contribution in [0.5, 0.6) is 0 Å². The van der Waals surface area contributed by atoms with Crippen LogP contribution in [0.3, 0.4) is 0 Å². The highest BCUT2D eigenvalue weighted by Crippen LogP contribution is 2.34. The predicted molar refractivity (Wildman–Crippen MR) is 117 cm³/mol. The molecule has 2 aromatic rings. The van der Waals surface area contributed by atoms with Crippen LogP contribution in [0.2, 0.25) is 0 Å². The van der Waals surface area contributed by atoms with E-state index in [1.165, 1.54) is 11.6 Å². The SMILES string of the molecule is CCN1CCN(c2ccc(CC3CNCCO3)cc2-c2ccc(C#N)c(F)c2)CC1. The van der Waals surface area contributed by atoms with Gasteiger partial charge in [-0.1, -0.05) is 19.1 Å². The lowest BCUT2D eigenvalue weighted by atomic mass is 9.96. The molecule has 0 aromatic heterocycles. The second-order valence-corrected chi connectivity index (χ2v) is 7.98. The number of anilines is 1. The van der Waals surface area contributed by atoms with E-state index in [0.717, 1.165) is 75.7 Å². The zero-order valence-electron chi connectivity index (χ0n) is 17.5. The van der Waals surface area contributed by atoms with Crippen LogP contribution in [0.15, 0.2) is 36.4 Å². The summed E-state index contributed by atoms with van der Waals surface area (Å²) in [4.78, 5) is 4.83. The zero-order chi connectivity index (χ0) is 20.9. The van der Waals surface area contributed by atoms with Crippen LogP contribution in [0, 0.1) is 17.1 Å². The fourth-order valence-electron chi connectivity index (χ4n) is 4.31. The van der Waals surface area contributed by atoms with Gasteiger partial charge >= 0.3 is 0 Å². The van der Waals surface area contributed by atoms with Gasteiger partial charge in [0.1, 0.15) is 11.9 Å². The summed E-state index contributed by atoms with van der Waals surface area (Å²) >= 11 is 0. The molecule has 158 valence electrons. The van der Waals surface area contributed by atoms with Gasteiger partial charge in [-0.2, -0.15) is 5.26 Å². The molecule has 2 aromatic carbocycles. The Kier molecular flexibility index (Phi) is 6.63. The Morgan fingerprint density at radius 3 is 2.67 bits per heavy atom. The Bertz CT molecular complexity index is 912. The van der Waals surface area contributed by atoms with Crippen LogP contribution in [0.1, 0.15) is 18.1 Å². The van der Waals surface area contributed by atoms with Crippen molar-refractivity contribution in [3.63, 3.8) is 0 Å². The monoisotopic (exact) mass is 408 g/mol. The molecule has 1 unspecified atom stereocenters. The first-order chi connectivity index (χ1) is 14.7. The quantitative estimate of drug-likeness (QED) is 0.824. The standard InChI is InChI=1S/C24H29FN4O/c1-2-28-8-10-29(11-9-28)24-6-3-18(13-21-17-27-7-12-30-21)14-22(24)19-4-5-20(16-26)23(25)15-19/h3-6,14-15,21,27H,2,7-13,17H2,1H3. The van der Waals surface area contributed by atoms with E-state index < -0.39 is 5.82 Å². The van der Waals surface area contributed by atoms with Gasteiger partial charge in [0.05, 0.1) is 18.3 Å². The number of benzene rings is 2. The third-order valence-corrected chi connectivity index (χ3v) is 6.09. The van der Waals surface area contributed by atoms with Crippen molar-refractivity contribution in [2.75, 3.05) is 57.3 Å². The topological polar surface area (TPSA) is 51.5 Å². The molecule has 0 amide bonds. The number of halogens is 1. The van der Waals surface area contributed by atoms with Crippen molar-refractivity contribution >= 4 is 5.69 Å². The number of morpholine rings is 1. The summed E-state index contributed by atoms with van der Waals surface area (Å²) in [5, 5.41) is 12.5. The van der Waals surface area contributed by atoms with E-state index in [2.05, 4.69) is 40.2 Å². The predicted octanol–water partition coefficient (Wildman–Crippen LogP) is 3.04. The Morgan fingerprint density at radius 2 is 2.00 bits per heavy atom. The van der Waals surface area contributed by atoms with Crippen LogP contribution >= 0.6 is 0 Å². The minimum absolute atomic E-state index is 0.0784. The number of nitrogens with one attached hydrogen (secondary N) is 1. The van der Waals surface area contributed by atoms with Gasteiger partial charge in [0.25, 0.3) is 0 Å². The highest BCUT2D eigenvalue weighted by Gasteiger charge is 2.21. The maximum Gasteiger partial charge on any atom is 0.141 e. The molecule has 2 aliphatic rings. The molecule has 2 aliphatic heterocycles. The van der Waals surface area contributed by atoms with E-state index in [9.17, 15) is 4.39 Å². The first kappa shape index (κ1) is 20.8. The van der Waals surface area contributed by atoms with E-state index in [1.807, 2.05) is 12.1 Å².